The van der Waals surface area contributed by atoms with Crippen molar-refractivity contribution in [3.05, 3.63) is 45.7 Å². The molecule has 0 aliphatic carbocycles. The number of furan rings is 1. The van der Waals surface area contributed by atoms with Crippen LogP contribution in [0.3, 0.4) is 0 Å². The molecule has 3 heteroatoms. The third-order valence-corrected chi connectivity index (χ3v) is 2.73. The second-order valence-electron chi connectivity index (χ2n) is 3.23. The molecule has 0 aliphatic rings. The molecule has 1 aromatic carbocycles. The van der Waals surface area contributed by atoms with Crippen LogP contribution >= 0.6 is 22.6 Å². The van der Waals surface area contributed by atoms with Crippen LogP contribution in [0.25, 0.3) is 11.3 Å². The minimum absolute atomic E-state index is 0.0492. The average Bonchev–Trinajstić information content (AvgIpc) is 2.66. The molecule has 0 atom stereocenters. The van der Waals surface area contributed by atoms with Crippen molar-refractivity contribution in [2.24, 2.45) is 0 Å². The largest absolute Gasteiger partial charge is 0.453 e. The fourth-order valence-corrected chi connectivity index (χ4v) is 1.87. The molecule has 2 rings (SSSR count). The van der Waals surface area contributed by atoms with Gasteiger partial charge in [0.2, 0.25) is 0 Å². The summed E-state index contributed by atoms with van der Waals surface area (Å²) in [5.41, 5.74) is 0.995. The number of rotatable bonds is 2. The van der Waals surface area contributed by atoms with Crippen LogP contribution in [0.5, 0.6) is 0 Å². The summed E-state index contributed by atoms with van der Waals surface area (Å²) < 4.78 is 6.58. The first kappa shape index (κ1) is 10.4. The molecule has 0 saturated carbocycles. The summed E-state index contributed by atoms with van der Waals surface area (Å²) in [4.78, 5) is 11.1. The summed E-state index contributed by atoms with van der Waals surface area (Å²) >= 11 is 2.24. The maximum absolute atomic E-state index is 11.1. The Morgan fingerprint density at radius 3 is 2.67 bits per heavy atom. The number of hydrogen-bond acceptors (Lipinski definition) is 2. The summed E-state index contributed by atoms with van der Waals surface area (Å²) in [5, 5.41) is 0. The van der Waals surface area contributed by atoms with Gasteiger partial charge >= 0.3 is 0 Å². The van der Waals surface area contributed by atoms with E-state index in [-0.39, 0.29) is 5.78 Å². The molecule has 0 spiro atoms. The molecule has 0 fully saturated rings. The first-order valence-corrected chi connectivity index (χ1v) is 5.61. The van der Waals surface area contributed by atoms with E-state index >= 15 is 0 Å². The number of ketones is 1. The highest BCUT2D eigenvalue weighted by Crippen LogP contribution is 2.23. The summed E-state index contributed by atoms with van der Waals surface area (Å²) in [6, 6.07) is 11.5. The highest BCUT2D eigenvalue weighted by atomic mass is 127. The minimum atomic E-state index is -0.0492. The van der Waals surface area contributed by atoms with Crippen LogP contribution in [0.1, 0.15) is 17.5 Å². The highest BCUT2D eigenvalue weighted by Gasteiger charge is 2.07. The fourth-order valence-electron chi connectivity index (χ4n) is 1.32. The third-order valence-electron chi connectivity index (χ3n) is 2.06. The minimum Gasteiger partial charge on any atom is -0.453 e. The van der Waals surface area contributed by atoms with Gasteiger partial charge in [0.05, 0.1) is 0 Å². The molecule has 15 heavy (non-hydrogen) atoms. The number of carbonyl (C=O) groups excluding carboxylic acids is 1. The normalized spacial score (nSPS) is 10.3. The molecule has 0 bridgehead atoms. The van der Waals surface area contributed by atoms with Crippen LogP contribution in [0, 0.1) is 3.57 Å². The molecule has 0 unspecified atom stereocenters. The van der Waals surface area contributed by atoms with Crippen molar-refractivity contribution in [2.45, 2.75) is 6.92 Å². The predicted octanol–water partition coefficient (Wildman–Crippen LogP) is 3.75. The van der Waals surface area contributed by atoms with Crippen molar-refractivity contribution in [1.82, 2.24) is 0 Å². The second kappa shape index (κ2) is 4.18. The Hall–Kier alpha value is -1.10. The molecule has 0 saturated heterocycles. The van der Waals surface area contributed by atoms with Gasteiger partial charge in [0.1, 0.15) is 5.76 Å². The van der Waals surface area contributed by atoms with Gasteiger partial charge in [0.15, 0.2) is 11.5 Å². The molecule has 2 aromatic rings. The van der Waals surface area contributed by atoms with E-state index in [9.17, 15) is 4.79 Å². The predicted molar refractivity (Wildman–Crippen MR) is 66.9 cm³/mol. The van der Waals surface area contributed by atoms with Crippen LogP contribution < -0.4 is 0 Å². The second-order valence-corrected chi connectivity index (χ2v) is 4.48. The van der Waals surface area contributed by atoms with Crippen LogP contribution in [-0.2, 0) is 0 Å². The number of halogens is 1. The van der Waals surface area contributed by atoms with Gasteiger partial charge in [-0.3, -0.25) is 4.79 Å². The molecule has 1 aromatic heterocycles. The molecule has 0 aliphatic heterocycles. The van der Waals surface area contributed by atoms with Gasteiger partial charge in [-0.05, 0) is 46.9 Å². The SMILES string of the molecule is CC(=O)c1ccc(-c2cccc(I)c2)o1. The van der Waals surface area contributed by atoms with Gasteiger partial charge in [-0.1, -0.05) is 12.1 Å². The lowest BCUT2D eigenvalue weighted by Gasteiger charge is -1.97. The Morgan fingerprint density at radius 2 is 2.07 bits per heavy atom. The highest BCUT2D eigenvalue weighted by molar-refractivity contribution is 14.1. The standard InChI is InChI=1S/C12H9IO2/c1-8(14)11-5-6-12(15-11)9-3-2-4-10(13)7-9/h2-7H,1H3. The van der Waals surface area contributed by atoms with Gasteiger partial charge < -0.3 is 4.42 Å². The van der Waals surface area contributed by atoms with E-state index in [2.05, 4.69) is 22.6 Å². The molecule has 2 nitrogen and oxygen atoms in total. The van der Waals surface area contributed by atoms with Gasteiger partial charge in [-0.2, -0.15) is 0 Å². The zero-order chi connectivity index (χ0) is 10.8. The number of Topliss-reactive ketones (excluding diaryl/α,β-unsaturated/α-hetero) is 1. The Labute approximate surface area is 101 Å². The van der Waals surface area contributed by atoms with E-state index in [1.165, 1.54) is 6.92 Å². The first-order valence-electron chi connectivity index (χ1n) is 4.53. The van der Waals surface area contributed by atoms with Gasteiger partial charge in [-0.15, -0.1) is 0 Å². The van der Waals surface area contributed by atoms with Crippen LogP contribution in [0.2, 0.25) is 0 Å². The first-order chi connectivity index (χ1) is 7.16. The van der Waals surface area contributed by atoms with Gasteiger partial charge in [0.25, 0.3) is 0 Å². The summed E-state index contributed by atoms with van der Waals surface area (Å²) in [6.45, 7) is 1.50. The van der Waals surface area contributed by atoms with E-state index in [0.29, 0.717) is 5.76 Å². The van der Waals surface area contributed by atoms with Crippen molar-refractivity contribution < 1.29 is 9.21 Å². The van der Waals surface area contributed by atoms with E-state index < -0.39 is 0 Å². The number of benzene rings is 1. The molecule has 76 valence electrons. The Balaban J connectivity index is 2.41. The van der Waals surface area contributed by atoms with Crippen LogP contribution in [0.4, 0.5) is 0 Å². The maximum Gasteiger partial charge on any atom is 0.194 e. The van der Waals surface area contributed by atoms with E-state index in [1.807, 2.05) is 30.3 Å². The molecular formula is C12H9IO2. The lowest BCUT2D eigenvalue weighted by molar-refractivity contribution is 0.0988. The number of carbonyl (C=O) groups is 1. The van der Waals surface area contributed by atoms with Crippen molar-refractivity contribution >= 4 is 28.4 Å². The van der Waals surface area contributed by atoms with Crippen LogP contribution in [0.15, 0.2) is 40.8 Å². The Morgan fingerprint density at radius 1 is 1.27 bits per heavy atom. The monoisotopic (exact) mass is 312 g/mol. The Kier molecular flexibility index (Phi) is 2.90. The van der Waals surface area contributed by atoms with Crippen molar-refractivity contribution in [3.63, 3.8) is 0 Å². The smallest absolute Gasteiger partial charge is 0.194 e. The Bertz CT molecular complexity index is 500. The number of hydrogen-bond donors (Lipinski definition) is 0. The van der Waals surface area contributed by atoms with Gasteiger partial charge in [-0.25, -0.2) is 0 Å². The van der Waals surface area contributed by atoms with Crippen LogP contribution in [-0.4, -0.2) is 5.78 Å². The van der Waals surface area contributed by atoms with Crippen molar-refractivity contribution in [2.75, 3.05) is 0 Å². The molecule has 1 heterocycles. The van der Waals surface area contributed by atoms with E-state index in [4.69, 9.17) is 4.42 Å². The molecule has 0 radical (unpaired) electrons. The van der Waals surface area contributed by atoms with E-state index in [0.717, 1.165) is 14.9 Å². The summed E-state index contributed by atoms with van der Waals surface area (Å²) in [6.07, 6.45) is 0. The summed E-state index contributed by atoms with van der Waals surface area (Å²) in [5.74, 6) is 1.09. The van der Waals surface area contributed by atoms with Gasteiger partial charge in [0, 0.05) is 16.1 Å². The topological polar surface area (TPSA) is 30.2 Å². The van der Waals surface area contributed by atoms with Crippen molar-refractivity contribution in [1.29, 1.82) is 0 Å². The molecule has 0 amide bonds. The fraction of sp³-hybridized carbons (Fsp3) is 0.0833. The average molecular weight is 312 g/mol. The molecular weight excluding hydrogens is 303 g/mol. The lowest BCUT2D eigenvalue weighted by atomic mass is 10.2. The zero-order valence-electron chi connectivity index (χ0n) is 8.16. The zero-order valence-corrected chi connectivity index (χ0v) is 10.3. The maximum atomic E-state index is 11.1. The van der Waals surface area contributed by atoms with Crippen molar-refractivity contribution in [3.8, 4) is 11.3 Å². The van der Waals surface area contributed by atoms with E-state index in [1.54, 1.807) is 6.07 Å². The quantitative estimate of drug-likeness (QED) is 0.624. The molecule has 0 N–H and O–H groups in total. The lowest BCUT2D eigenvalue weighted by Crippen LogP contribution is -1.86. The summed E-state index contributed by atoms with van der Waals surface area (Å²) in [7, 11) is 0. The third kappa shape index (κ3) is 2.28.